The summed E-state index contributed by atoms with van der Waals surface area (Å²) in [6, 6.07) is 8.69. The number of hydrogen-bond donors (Lipinski definition) is 1. The van der Waals surface area contributed by atoms with Crippen molar-refractivity contribution in [2.75, 3.05) is 12.9 Å². The van der Waals surface area contributed by atoms with Crippen LogP contribution in [0.4, 0.5) is 0 Å². The number of benzene rings is 1. The number of nitrogens with one attached hydrogen (secondary N) is 1. The summed E-state index contributed by atoms with van der Waals surface area (Å²) in [5.41, 5.74) is -0.105. The monoisotopic (exact) mass is 351 g/mol. The first-order valence-electron chi connectivity index (χ1n) is 7.08. The highest BCUT2D eigenvalue weighted by Gasteiger charge is 2.20. The first-order chi connectivity index (χ1) is 11.3. The lowest BCUT2D eigenvalue weighted by Gasteiger charge is -2.12. The molecule has 128 valence electrons. The molecule has 1 heterocycles. The van der Waals surface area contributed by atoms with Gasteiger partial charge in [0.1, 0.15) is 5.76 Å². The molecule has 0 spiro atoms. The third-order valence-corrected chi connectivity index (χ3v) is 4.34. The summed E-state index contributed by atoms with van der Waals surface area (Å²) < 4.78 is 33.4. The fourth-order valence-electron chi connectivity index (χ4n) is 2.06. The fourth-order valence-corrected chi connectivity index (χ4v) is 2.94. The van der Waals surface area contributed by atoms with E-state index in [1.54, 1.807) is 19.1 Å². The van der Waals surface area contributed by atoms with Gasteiger partial charge in [0.15, 0.2) is 16.4 Å². The quantitative estimate of drug-likeness (QED) is 0.795. The second kappa shape index (κ2) is 7.31. The maximum Gasteiger partial charge on any atom is 0.339 e. The van der Waals surface area contributed by atoms with Gasteiger partial charge in [-0.1, -0.05) is 12.1 Å². The summed E-state index contributed by atoms with van der Waals surface area (Å²) in [6.07, 6.45) is 2.48. The van der Waals surface area contributed by atoms with Crippen LogP contribution in [0.1, 0.15) is 29.1 Å². The molecule has 7 nitrogen and oxygen atoms in total. The lowest BCUT2D eigenvalue weighted by Crippen LogP contribution is -2.31. The minimum absolute atomic E-state index is 0.105. The van der Waals surface area contributed by atoms with Crippen molar-refractivity contribution in [1.29, 1.82) is 0 Å². The summed E-state index contributed by atoms with van der Waals surface area (Å²) in [6.45, 7) is 1.19. The predicted octanol–water partition coefficient (Wildman–Crippen LogP) is 1.72. The van der Waals surface area contributed by atoms with Crippen LogP contribution in [-0.2, 0) is 19.4 Å². The van der Waals surface area contributed by atoms with E-state index in [1.165, 1.54) is 30.5 Å². The zero-order chi connectivity index (χ0) is 17.7. The van der Waals surface area contributed by atoms with Crippen LogP contribution in [0.25, 0.3) is 0 Å². The topological polar surface area (TPSA) is 103 Å². The van der Waals surface area contributed by atoms with Gasteiger partial charge < -0.3 is 14.5 Å². The largest absolute Gasteiger partial charge is 0.467 e. The first-order valence-corrected chi connectivity index (χ1v) is 8.97. The molecule has 0 saturated carbocycles. The van der Waals surface area contributed by atoms with Crippen LogP contribution in [0.15, 0.2) is 52.0 Å². The molecular formula is C16H17NO6S. The Balaban J connectivity index is 1.98. The summed E-state index contributed by atoms with van der Waals surface area (Å²) in [5, 5.41) is 2.61. The zero-order valence-electron chi connectivity index (χ0n) is 13.2. The number of esters is 1. The van der Waals surface area contributed by atoms with Gasteiger partial charge in [-0.3, -0.25) is 4.79 Å². The minimum Gasteiger partial charge on any atom is -0.467 e. The second-order valence-corrected chi connectivity index (χ2v) is 7.13. The van der Waals surface area contributed by atoms with Gasteiger partial charge in [-0.25, -0.2) is 13.2 Å². The van der Waals surface area contributed by atoms with Crippen LogP contribution in [0.3, 0.4) is 0 Å². The molecule has 1 N–H and O–H groups in total. The van der Waals surface area contributed by atoms with E-state index in [1.807, 2.05) is 0 Å². The van der Waals surface area contributed by atoms with Crippen molar-refractivity contribution >= 4 is 21.7 Å². The number of rotatable bonds is 6. The lowest BCUT2D eigenvalue weighted by molar-refractivity contribution is -0.125. The molecule has 0 radical (unpaired) electrons. The number of amides is 1. The number of sulfone groups is 1. The molecule has 0 saturated heterocycles. The van der Waals surface area contributed by atoms with Crippen molar-refractivity contribution in [2.45, 2.75) is 17.9 Å². The van der Waals surface area contributed by atoms with Crippen LogP contribution in [-0.4, -0.2) is 33.2 Å². The Kier molecular flexibility index (Phi) is 5.40. The maximum atomic E-state index is 12.0. The van der Waals surface area contributed by atoms with Crippen LogP contribution in [0, 0.1) is 0 Å². The van der Waals surface area contributed by atoms with E-state index in [4.69, 9.17) is 9.15 Å². The molecule has 0 aliphatic heterocycles. The van der Waals surface area contributed by atoms with Gasteiger partial charge in [0.2, 0.25) is 0 Å². The van der Waals surface area contributed by atoms with Crippen LogP contribution in [0.5, 0.6) is 0 Å². The van der Waals surface area contributed by atoms with Gasteiger partial charge in [-0.2, -0.15) is 0 Å². The Morgan fingerprint density at radius 1 is 1.21 bits per heavy atom. The molecule has 0 fully saturated rings. The molecule has 2 rings (SSSR count). The predicted molar refractivity (Wildman–Crippen MR) is 85.1 cm³/mol. The average Bonchev–Trinajstić information content (AvgIpc) is 3.06. The van der Waals surface area contributed by atoms with Gasteiger partial charge in [0, 0.05) is 6.26 Å². The number of carbonyl (C=O) groups excluding carboxylic acids is 2. The smallest absolute Gasteiger partial charge is 0.339 e. The molecule has 8 heteroatoms. The third-order valence-electron chi connectivity index (χ3n) is 3.19. The third kappa shape index (κ3) is 4.45. The molecule has 0 unspecified atom stereocenters. The summed E-state index contributed by atoms with van der Waals surface area (Å²) in [7, 11) is -3.58. The highest BCUT2D eigenvalue weighted by atomic mass is 32.2. The Hall–Kier alpha value is -2.61. The maximum absolute atomic E-state index is 12.0. The molecule has 1 amide bonds. The minimum atomic E-state index is -3.58. The second-order valence-electron chi connectivity index (χ2n) is 5.15. The summed E-state index contributed by atoms with van der Waals surface area (Å²) in [4.78, 5) is 23.7. The fraction of sp³-hybridized carbons (Fsp3) is 0.250. The molecule has 0 aliphatic rings. The average molecular weight is 351 g/mol. The zero-order valence-corrected chi connectivity index (χ0v) is 14.0. The summed E-state index contributed by atoms with van der Waals surface area (Å²) in [5.74, 6) is -0.835. The van der Waals surface area contributed by atoms with Crippen molar-refractivity contribution < 1.29 is 27.2 Å². The molecule has 1 aromatic heterocycles. The Bertz CT molecular complexity index is 826. The van der Waals surface area contributed by atoms with Crippen molar-refractivity contribution in [3.8, 4) is 0 Å². The highest BCUT2D eigenvalue weighted by molar-refractivity contribution is 7.90. The number of furan rings is 1. The molecule has 0 aliphatic carbocycles. The van der Waals surface area contributed by atoms with E-state index in [9.17, 15) is 18.0 Å². The number of hydrogen-bond acceptors (Lipinski definition) is 6. The van der Waals surface area contributed by atoms with E-state index in [0.717, 1.165) is 6.26 Å². The van der Waals surface area contributed by atoms with Gasteiger partial charge >= 0.3 is 5.97 Å². The van der Waals surface area contributed by atoms with Crippen LogP contribution in [0.2, 0.25) is 0 Å². The summed E-state index contributed by atoms with van der Waals surface area (Å²) >= 11 is 0. The van der Waals surface area contributed by atoms with E-state index in [-0.39, 0.29) is 16.5 Å². The van der Waals surface area contributed by atoms with Crippen molar-refractivity contribution in [2.24, 2.45) is 0 Å². The molecule has 2 aromatic rings. The Labute approximate surface area is 139 Å². The van der Waals surface area contributed by atoms with Crippen LogP contribution < -0.4 is 5.32 Å². The van der Waals surface area contributed by atoms with Crippen molar-refractivity contribution in [1.82, 2.24) is 5.32 Å². The number of carbonyl (C=O) groups is 2. The molecule has 1 aromatic carbocycles. The van der Waals surface area contributed by atoms with Gasteiger partial charge in [-0.15, -0.1) is 0 Å². The van der Waals surface area contributed by atoms with E-state index in [2.05, 4.69) is 5.32 Å². The van der Waals surface area contributed by atoms with E-state index >= 15 is 0 Å². The standard InChI is InChI=1S/C16H17NO6S/c1-11(13-7-5-9-22-13)17-15(18)10-23-16(19)12-6-3-4-8-14(12)24(2,20)21/h3-9,11H,10H2,1-2H3,(H,17,18)/t11-/m1/s1. The normalized spacial score (nSPS) is 12.4. The molecule has 0 bridgehead atoms. The van der Waals surface area contributed by atoms with Crippen LogP contribution >= 0.6 is 0 Å². The molecular weight excluding hydrogens is 334 g/mol. The lowest BCUT2D eigenvalue weighted by atomic mass is 10.2. The van der Waals surface area contributed by atoms with Gasteiger partial charge in [0.25, 0.3) is 5.91 Å². The van der Waals surface area contributed by atoms with Gasteiger partial charge in [0.05, 0.1) is 22.8 Å². The highest BCUT2D eigenvalue weighted by Crippen LogP contribution is 2.16. The van der Waals surface area contributed by atoms with E-state index < -0.39 is 28.3 Å². The van der Waals surface area contributed by atoms with Crippen molar-refractivity contribution in [3.63, 3.8) is 0 Å². The Morgan fingerprint density at radius 2 is 1.92 bits per heavy atom. The number of ether oxygens (including phenoxy) is 1. The first kappa shape index (κ1) is 17.7. The SMILES string of the molecule is C[C@@H](NC(=O)COC(=O)c1ccccc1S(C)(=O)=O)c1ccco1. The Morgan fingerprint density at radius 3 is 2.54 bits per heavy atom. The molecule has 1 atom stereocenters. The van der Waals surface area contributed by atoms with Gasteiger partial charge in [-0.05, 0) is 31.2 Å². The van der Waals surface area contributed by atoms with Crippen molar-refractivity contribution in [3.05, 3.63) is 54.0 Å². The van der Waals surface area contributed by atoms with E-state index in [0.29, 0.717) is 5.76 Å². The molecule has 24 heavy (non-hydrogen) atoms.